The summed E-state index contributed by atoms with van der Waals surface area (Å²) in [7, 11) is 1.70. The van der Waals surface area contributed by atoms with E-state index in [1.54, 1.807) is 18.8 Å². The Kier molecular flexibility index (Phi) is 6.22. The molecule has 21 heavy (non-hydrogen) atoms. The van der Waals surface area contributed by atoms with Crippen LogP contribution in [0.15, 0.2) is 50.2 Å². The van der Waals surface area contributed by atoms with Crippen molar-refractivity contribution in [3.8, 4) is 0 Å². The molecular formula is C15H13Br2F2NS. The van der Waals surface area contributed by atoms with E-state index in [0.29, 0.717) is 5.75 Å². The highest BCUT2D eigenvalue weighted by Crippen LogP contribution is 2.31. The fourth-order valence-corrected chi connectivity index (χ4v) is 3.88. The van der Waals surface area contributed by atoms with Gasteiger partial charge in [0.15, 0.2) is 0 Å². The Labute approximate surface area is 143 Å². The molecule has 2 aromatic carbocycles. The van der Waals surface area contributed by atoms with Crippen LogP contribution in [-0.2, 0) is 0 Å². The first-order valence-electron chi connectivity index (χ1n) is 6.22. The second-order valence-electron chi connectivity index (χ2n) is 4.37. The van der Waals surface area contributed by atoms with E-state index in [0.717, 1.165) is 9.37 Å². The van der Waals surface area contributed by atoms with E-state index in [9.17, 15) is 8.78 Å². The van der Waals surface area contributed by atoms with E-state index in [-0.39, 0.29) is 10.0 Å². The predicted octanol–water partition coefficient (Wildman–Crippen LogP) is 5.54. The molecule has 1 nitrogen and oxygen atoms in total. The molecule has 6 heteroatoms. The highest BCUT2D eigenvalue weighted by molar-refractivity contribution is 9.10. The van der Waals surface area contributed by atoms with Gasteiger partial charge < -0.3 is 5.32 Å². The van der Waals surface area contributed by atoms with Crippen molar-refractivity contribution in [2.45, 2.75) is 10.9 Å². The molecule has 0 saturated carbocycles. The number of halogens is 4. The molecule has 0 radical (unpaired) electrons. The highest BCUT2D eigenvalue weighted by atomic mass is 79.9. The third-order valence-corrected chi connectivity index (χ3v) is 5.18. The third kappa shape index (κ3) is 4.28. The largest absolute Gasteiger partial charge is 0.312 e. The first-order chi connectivity index (χ1) is 10.0. The van der Waals surface area contributed by atoms with E-state index < -0.39 is 17.7 Å². The van der Waals surface area contributed by atoms with E-state index in [1.807, 2.05) is 24.3 Å². The quantitative estimate of drug-likeness (QED) is 0.487. The topological polar surface area (TPSA) is 12.0 Å². The maximum atomic E-state index is 14.1. The van der Waals surface area contributed by atoms with Crippen LogP contribution in [0.25, 0.3) is 0 Å². The summed E-state index contributed by atoms with van der Waals surface area (Å²) in [5.41, 5.74) is 0.0642. The molecule has 2 aromatic rings. The lowest BCUT2D eigenvalue weighted by molar-refractivity contribution is 0.510. The average molecular weight is 437 g/mol. The van der Waals surface area contributed by atoms with Gasteiger partial charge in [-0.05, 0) is 53.3 Å². The summed E-state index contributed by atoms with van der Waals surface area (Å²) in [5.74, 6) is -0.564. The molecule has 0 fully saturated rings. The number of benzene rings is 2. The van der Waals surface area contributed by atoms with E-state index in [2.05, 4.69) is 37.2 Å². The number of hydrogen-bond acceptors (Lipinski definition) is 2. The summed E-state index contributed by atoms with van der Waals surface area (Å²) < 4.78 is 29.3. The van der Waals surface area contributed by atoms with Crippen LogP contribution in [0.1, 0.15) is 11.6 Å². The first kappa shape index (κ1) is 16.9. The Balaban J connectivity index is 2.19. The van der Waals surface area contributed by atoms with Gasteiger partial charge in [0, 0.05) is 26.7 Å². The Morgan fingerprint density at radius 3 is 2.62 bits per heavy atom. The monoisotopic (exact) mass is 435 g/mol. The first-order valence-corrected chi connectivity index (χ1v) is 8.79. The fraction of sp³-hybridized carbons (Fsp3) is 0.200. The average Bonchev–Trinajstić information content (AvgIpc) is 2.46. The maximum Gasteiger partial charge on any atom is 0.145 e. The molecule has 0 bridgehead atoms. The predicted molar refractivity (Wildman–Crippen MR) is 90.7 cm³/mol. The van der Waals surface area contributed by atoms with Crippen LogP contribution in [0.4, 0.5) is 8.78 Å². The lowest BCUT2D eigenvalue weighted by Crippen LogP contribution is -2.21. The molecule has 0 aliphatic rings. The zero-order valence-electron chi connectivity index (χ0n) is 11.2. The zero-order valence-corrected chi connectivity index (χ0v) is 15.2. The van der Waals surface area contributed by atoms with Crippen molar-refractivity contribution in [1.29, 1.82) is 0 Å². The van der Waals surface area contributed by atoms with Gasteiger partial charge in [0.1, 0.15) is 11.6 Å². The molecule has 0 saturated heterocycles. The van der Waals surface area contributed by atoms with Crippen LogP contribution in [0.3, 0.4) is 0 Å². The maximum absolute atomic E-state index is 14.1. The molecule has 1 unspecified atom stereocenters. The van der Waals surface area contributed by atoms with Crippen LogP contribution in [0.5, 0.6) is 0 Å². The van der Waals surface area contributed by atoms with Crippen molar-refractivity contribution >= 4 is 43.6 Å². The summed E-state index contributed by atoms with van der Waals surface area (Å²) in [6, 6.07) is 10.1. The minimum atomic E-state index is -0.552. The second-order valence-corrected chi connectivity index (χ2v) is 7.23. The van der Waals surface area contributed by atoms with Crippen LogP contribution < -0.4 is 5.32 Å². The molecular weight excluding hydrogens is 424 g/mol. The summed E-state index contributed by atoms with van der Waals surface area (Å²) in [6.45, 7) is 0. The highest BCUT2D eigenvalue weighted by Gasteiger charge is 2.21. The van der Waals surface area contributed by atoms with Crippen molar-refractivity contribution in [3.05, 3.63) is 62.5 Å². The van der Waals surface area contributed by atoms with Crippen molar-refractivity contribution < 1.29 is 8.78 Å². The number of thioether (sulfide) groups is 1. The fourth-order valence-electron chi connectivity index (χ4n) is 1.91. The Hall–Kier alpha value is -0.430. The zero-order chi connectivity index (χ0) is 15.4. The number of nitrogens with one attached hydrogen (secondary N) is 1. The minimum Gasteiger partial charge on any atom is -0.312 e. The van der Waals surface area contributed by atoms with Crippen LogP contribution >= 0.6 is 43.6 Å². The lowest BCUT2D eigenvalue weighted by atomic mass is 10.1. The van der Waals surface area contributed by atoms with Gasteiger partial charge in [-0.2, -0.15) is 0 Å². The minimum absolute atomic E-state index is 0.0642. The van der Waals surface area contributed by atoms with Crippen molar-refractivity contribution in [2.24, 2.45) is 0 Å². The van der Waals surface area contributed by atoms with Gasteiger partial charge in [-0.1, -0.05) is 22.0 Å². The molecule has 0 aliphatic carbocycles. The van der Waals surface area contributed by atoms with Gasteiger partial charge >= 0.3 is 0 Å². The van der Waals surface area contributed by atoms with E-state index in [1.165, 1.54) is 12.1 Å². The molecule has 0 heterocycles. The van der Waals surface area contributed by atoms with E-state index >= 15 is 0 Å². The second kappa shape index (κ2) is 7.72. The van der Waals surface area contributed by atoms with Crippen LogP contribution in [0.2, 0.25) is 0 Å². The Bertz CT molecular complexity index is 637. The van der Waals surface area contributed by atoms with Crippen LogP contribution in [-0.4, -0.2) is 12.8 Å². The molecule has 0 aromatic heterocycles. The third-order valence-electron chi connectivity index (χ3n) is 2.99. The van der Waals surface area contributed by atoms with Crippen molar-refractivity contribution in [2.75, 3.05) is 12.8 Å². The van der Waals surface area contributed by atoms with Crippen molar-refractivity contribution in [1.82, 2.24) is 5.32 Å². The SMILES string of the molecule is CNC(CSc1cccc(Br)c1)c1c(F)ccc(Br)c1F. The molecule has 1 atom stereocenters. The summed E-state index contributed by atoms with van der Waals surface area (Å²) in [5, 5.41) is 2.98. The summed E-state index contributed by atoms with van der Waals surface area (Å²) in [4.78, 5) is 1.04. The molecule has 0 spiro atoms. The van der Waals surface area contributed by atoms with Crippen molar-refractivity contribution in [3.63, 3.8) is 0 Å². The molecule has 112 valence electrons. The van der Waals surface area contributed by atoms with Gasteiger partial charge in [-0.25, -0.2) is 8.78 Å². The van der Waals surface area contributed by atoms with Gasteiger partial charge in [0.2, 0.25) is 0 Å². The molecule has 2 rings (SSSR count). The normalized spacial score (nSPS) is 12.4. The molecule has 0 aliphatic heterocycles. The van der Waals surface area contributed by atoms with Crippen LogP contribution in [0, 0.1) is 11.6 Å². The van der Waals surface area contributed by atoms with Gasteiger partial charge in [-0.15, -0.1) is 11.8 Å². The van der Waals surface area contributed by atoms with Gasteiger partial charge in [-0.3, -0.25) is 0 Å². The smallest absolute Gasteiger partial charge is 0.145 e. The Morgan fingerprint density at radius 1 is 1.19 bits per heavy atom. The van der Waals surface area contributed by atoms with Gasteiger partial charge in [0.25, 0.3) is 0 Å². The molecule has 0 amide bonds. The Morgan fingerprint density at radius 2 is 1.95 bits per heavy atom. The summed E-state index contributed by atoms with van der Waals surface area (Å²) >= 11 is 8.05. The molecule has 1 N–H and O–H groups in total. The van der Waals surface area contributed by atoms with Gasteiger partial charge in [0.05, 0.1) is 4.47 Å². The number of hydrogen-bond donors (Lipinski definition) is 1. The lowest BCUT2D eigenvalue weighted by Gasteiger charge is -2.18. The summed E-state index contributed by atoms with van der Waals surface area (Å²) in [6.07, 6.45) is 0. The number of rotatable bonds is 5. The van der Waals surface area contributed by atoms with E-state index in [4.69, 9.17) is 0 Å². The standard InChI is InChI=1S/C15H13Br2F2NS/c1-20-13(8-21-10-4-2-3-9(16)7-10)14-12(18)6-5-11(17)15(14)19/h2-7,13,20H,8H2,1H3.